The van der Waals surface area contributed by atoms with Gasteiger partial charge in [0.1, 0.15) is 6.33 Å². The molecular formula is C20H25IN6. The average molecular weight is 476 g/mol. The lowest BCUT2D eigenvalue weighted by molar-refractivity contribution is 0.756. The van der Waals surface area contributed by atoms with Crippen LogP contribution in [0, 0.1) is 6.92 Å². The third kappa shape index (κ3) is 6.06. The van der Waals surface area contributed by atoms with E-state index in [1.165, 1.54) is 11.1 Å². The highest BCUT2D eigenvalue weighted by Crippen LogP contribution is 2.09. The molecule has 0 saturated carbocycles. The molecular weight excluding hydrogens is 451 g/mol. The maximum absolute atomic E-state index is 4.66. The lowest BCUT2D eigenvalue weighted by Gasteiger charge is -2.12. The van der Waals surface area contributed by atoms with Crippen molar-refractivity contribution in [2.75, 3.05) is 6.54 Å². The predicted molar refractivity (Wildman–Crippen MR) is 120 cm³/mol. The molecule has 142 valence electrons. The fourth-order valence-electron chi connectivity index (χ4n) is 2.67. The molecule has 0 aliphatic heterocycles. The monoisotopic (exact) mass is 476 g/mol. The molecule has 2 aromatic carbocycles. The number of rotatable bonds is 6. The summed E-state index contributed by atoms with van der Waals surface area (Å²) in [4.78, 5) is 4.66. The van der Waals surface area contributed by atoms with Crippen LogP contribution < -0.4 is 10.6 Å². The molecule has 0 aliphatic carbocycles. The Morgan fingerprint density at radius 2 is 1.89 bits per heavy atom. The molecule has 1 aromatic heterocycles. The van der Waals surface area contributed by atoms with Crippen LogP contribution in [-0.4, -0.2) is 27.3 Å². The Balaban J connectivity index is 0.00000261. The molecule has 0 bridgehead atoms. The normalized spacial score (nSPS) is 11.0. The number of aromatic nitrogens is 3. The number of hydrogen-bond donors (Lipinski definition) is 2. The number of aliphatic imine (C=N–C) groups is 1. The highest BCUT2D eigenvalue weighted by atomic mass is 127. The van der Waals surface area contributed by atoms with Crippen LogP contribution in [-0.2, 0) is 13.1 Å². The first-order valence-electron chi connectivity index (χ1n) is 8.78. The molecule has 0 spiro atoms. The summed E-state index contributed by atoms with van der Waals surface area (Å²) in [6.45, 7) is 6.10. The highest BCUT2D eigenvalue weighted by Gasteiger charge is 2.07. The number of para-hydroxylation sites is 1. The van der Waals surface area contributed by atoms with Crippen molar-refractivity contribution < 1.29 is 0 Å². The van der Waals surface area contributed by atoms with Crippen LogP contribution in [0.4, 0.5) is 0 Å². The van der Waals surface area contributed by atoms with Crippen LogP contribution >= 0.6 is 24.0 Å². The summed E-state index contributed by atoms with van der Waals surface area (Å²) in [5.74, 6) is 1.59. The van der Waals surface area contributed by atoms with Crippen LogP contribution in [0.25, 0.3) is 5.69 Å². The van der Waals surface area contributed by atoms with Gasteiger partial charge in [-0.05, 0) is 31.5 Å². The van der Waals surface area contributed by atoms with Crippen LogP contribution in [0.5, 0.6) is 0 Å². The van der Waals surface area contributed by atoms with Crippen molar-refractivity contribution in [2.24, 2.45) is 4.99 Å². The zero-order valence-electron chi connectivity index (χ0n) is 15.6. The topological polar surface area (TPSA) is 67.1 Å². The predicted octanol–water partition coefficient (Wildman–Crippen LogP) is 3.45. The number of nitrogens with zero attached hydrogens (tertiary/aromatic N) is 4. The van der Waals surface area contributed by atoms with Gasteiger partial charge in [-0.2, -0.15) is 0 Å². The van der Waals surface area contributed by atoms with E-state index in [0.717, 1.165) is 24.0 Å². The zero-order chi connectivity index (χ0) is 18.2. The molecule has 1 heterocycles. The van der Waals surface area contributed by atoms with E-state index < -0.39 is 0 Å². The smallest absolute Gasteiger partial charge is 0.191 e. The molecule has 0 amide bonds. The Morgan fingerprint density at radius 3 is 2.63 bits per heavy atom. The Hall–Kier alpha value is -2.42. The van der Waals surface area contributed by atoms with Crippen molar-refractivity contribution in [2.45, 2.75) is 26.9 Å². The van der Waals surface area contributed by atoms with Gasteiger partial charge in [-0.15, -0.1) is 34.2 Å². The quantitative estimate of drug-likeness (QED) is 0.325. The minimum absolute atomic E-state index is 0. The minimum atomic E-state index is 0. The van der Waals surface area contributed by atoms with Crippen molar-refractivity contribution in [1.29, 1.82) is 0 Å². The molecule has 3 aromatic rings. The average Bonchev–Trinajstić information content (AvgIpc) is 3.13. The first-order valence-corrected chi connectivity index (χ1v) is 8.78. The van der Waals surface area contributed by atoms with Gasteiger partial charge < -0.3 is 10.6 Å². The Morgan fingerprint density at radius 1 is 1.07 bits per heavy atom. The fraction of sp³-hybridized carbons (Fsp3) is 0.250. The van der Waals surface area contributed by atoms with Crippen molar-refractivity contribution in [3.63, 3.8) is 0 Å². The summed E-state index contributed by atoms with van der Waals surface area (Å²) < 4.78 is 1.97. The minimum Gasteiger partial charge on any atom is -0.357 e. The summed E-state index contributed by atoms with van der Waals surface area (Å²) in [5.41, 5.74) is 3.47. The van der Waals surface area contributed by atoms with Crippen molar-refractivity contribution in [1.82, 2.24) is 25.4 Å². The third-order valence-electron chi connectivity index (χ3n) is 3.91. The molecule has 6 nitrogen and oxygen atoms in total. The summed E-state index contributed by atoms with van der Waals surface area (Å²) in [6.07, 6.45) is 1.73. The van der Waals surface area contributed by atoms with E-state index in [1.807, 2.05) is 34.9 Å². The van der Waals surface area contributed by atoms with Gasteiger partial charge in [-0.3, -0.25) is 4.57 Å². The van der Waals surface area contributed by atoms with Crippen LogP contribution in [0.1, 0.15) is 23.9 Å². The Labute approximate surface area is 177 Å². The van der Waals surface area contributed by atoms with E-state index in [2.05, 4.69) is 63.9 Å². The Bertz CT molecular complexity index is 860. The fourth-order valence-corrected chi connectivity index (χ4v) is 2.67. The Kier molecular flexibility index (Phi) is 8.25. The van der Waals surface area contributed by atoms with E-state index in [1.54, 1.807) is 6.33 Å². The SMILES string of the molecule is CCNC(=NCc1cccc(C)c1)NCc1nncn1-c1ccccc1.I. The molecule has 27 heavy (non-hydrogen) atoms. The number of aryl methyl sites for hydroxylation is 1. The summed E-state index contributed by atoms with van der Waals surface area (Å²) >= 11 is 0. The van der Waals surface area contributed by atoms with Gasteiger partial charge in [0.25, 0.3) is 0 Å². The van der Waals surface area contributed by atoms with Gasteiger partial charge in [0.15, 0.2) is 11.8 Å². The van der Waals surface area contributed by atoms with E-state index >= 15 is 0 Å². The number of halogens is 1. The number of benzene rings is 2. The summed E-state index contributed by atoms with van der Waals surface area (Å²) in [5, 5.41) is 14.9. The first-order chi connectivity index (χ1) is 12.8. The van der Waals surface area contributed by atoms with Crippen LogP contribution in [0.3, 0.4) is 0 Å². The standard InChI is InChI=1S/C20H24N6.HI/c1-3-21-20(22-13-17-9-7-8-16(2)12-17)23-14-19-25-24-15-26(19)18-10-5-4-6-11-18;/h4-12,15H,3,13-14H2,1-2H3,(H2,21,22,23);1H. The molecule has 0 radical (unpaired) electrons. The van der Waals surface area contributed by atoms with Gasteiger partial charge >= 0.3 is 0 Å². The first kappa shape index (κ1) is 20.9. The van der Waals surface area contributed by atoms with Gasteiger partial charge in [0.05, 0.1) is 13.1 Å². The second-order valence-corrected chi connectivity index (χ2v) is 5.99. The second-order valence-electron chi connectivity index (χ2n) is 5.99. The molecule has 0 saturated heterocycles. The lowest BCUT2D eigenvalue weighted by atomic mass is 10.1. The zero-order valence-corrected chi connectivity index (χ0v) is 17.9. The molecule has 3 rings (SSSR count). The van der Waals surface area contributed by atoms with Gasteiger partial charge in [-0.25, -0.2) is 4.99 Å². The van der Waals surface area contributed by atoms with Gasteiger partial charge in [0.2, 0.25) is 0 Å². The maximum Gasteiger partial charge on any atom is 0.191 e. The van der Waals surface area contributed by atoms with E-state index in [-0.39, 0.29) is 24.0 Å². The summed E-state index contributed by atoms with van der Waals surface area (Å²) in [6, 6.07) is 18.4. The van der Waals surface area contributed by atoms with Gasteiger partial charge in [-0.1, -0.05) is 48.0 Å². The van der Waals surface area contributed by atoms with E-state index in [4.69, 9.17) is 0 Å². The molecule has 0 atom stereocenters. The lowest BCUT2D eigenvalue weighted by Crippen LogP contribution is -2.37. The largest absolute Gasteiger partial charge is 0.357 e. The molecule has 0 fully saturated rings. The number of hydrogen-bond acceptors (Lipinski definition) is 3. The van der Waals surface area contributed by atoms with Crippen molar-refractivity contribution >= 4 is 29.9 Å². The van der Waals surface area contributed by atoms with Crippen molar-refractivity contribution in [3.05, 3.63) is 77.9 Å². The third-order valence-corrected chi connectivity index (χ3v) is 3.91. The molecule has 0 aliphatic rings. The maximum atomic E-state index is 4.66. The molecule has 0 unspecified atom stereocenters. The van der Waals surface area contributed by atoms with Crippen molar-refractivity contribution in [3.8, 4) is 5.69 Å². The molecule has 7 heteroatoms. The number of nitrogens with one attached hydrogen (secondary N) is 2. The number of guanidine groups is 1. The van der Waals surface area contributed by atoms with Gasteiger partial charge in [0, 0.05) is 12.2 Å². The summed E-state index contributed by atoms with van der Waals surface area (Å²) in [7, 11) is 0. The van der Waals surface area contributed by atoms with Crippen LogP contribution in [0.2, 0.25) is 0 Å². The molecule has 2 N–H and O–H groups in total. The van der Waals surface area contributed by atoms with E-state index in [9.17, 15) is 0 Å². The van der Waals surface area contributed by atoms with Crippen LogP contribution in [0.15, 0.2) is 65.9 Å². The highest BCUT2D eigenvalue weighted by molar-refractivity contribution is 14.0. The second kappa shape index (κ2) is 10.7. The van der Waals surface area contributed by atoms with E-state index in [0.29, 0.717) is 13.1 Å².